The Morgan fingerprint density at radius 3 is 2.21 bits per heavy atom. The van der Waals surface area contributed by atoms with Crippen molar-refractivity contribution in [2.75, 3.05) is 14.2 Å². The summed E-state index contributed by atoms with van der Waals surface area (Å²) in [7, 11) is 3.08. The predicted octanol–water partition coefficient (Wildman–Crippen LogP) is 3.42. The van der Waals surface area contributed by atoms with Gasteiger partial charge in [-0.15, -0.1) is 0 Å². The first-order valence-corrected chi connectivity index (χ1v) is 7.75. The molecule has 0 fully saturated rings. The molecule has 2 rings (SSSR count). The highest BCUT2D eigenvalue weighted by atomic mass is 16.5. The molecule has 2 aromatic rings. The average Bonchev–Trinajstić information content (AvgIpc) is 2.65. The minimum atomic E-state index is -0.305. The zero-order valence-corrected chi connectivity index (χ0v) is 14.4. The molecule has 5 heteroatoms. The number of carbonyl (C=O) groups excluding carboxylic acids is 1. The lowest BCUT2D eigenvalue weighted by atomic mass is 10.1. The molecular formula is C19H22N2O3. The van der Waals surface area contributed by atoms with Gasteiger partial charge in [-0.25, -0.2) is 5.43 Å². The van der Waals surface area contributed by atoms with Crippen molar-refractivity contribution in [1.82, 2.24) is 5.43 Å². The first-order chi connectivity index (χ1) is 11.6. The van der Waals surface area contributed by atoms with E-state index in [0.717, 1.165) is 17.7 Å². The summed E-state index contributed by atoms with van der Waals surface area (Å²) < 4.78 is 10.4. The van der Waals surface area contributed by atoms with Gasteiger partial charge in [-0.1, -0.05) is 31.2 Å². The van der Waals surface area contributed by atoms with Crippen molar-refractivity contribution in [2.45, 2.75) is 20.3 Å². The van der Waals surface area contributed by atoms with Crippen LogP contribution in [0.2, 0.25) is 0 Å². The SMILES string of the molecule is CCc1ccc(C(C)=NNC(=O)c2ccc(OC)c(OC)c2)cc1. The first kappa shape index (κ1) is 17.5. The Morgan fingerprint density at radius 2 is 1.62 bits per heavy atom. The fourth-order valence-corrected chi connectivity index (χ4v) is 2.22. The van der Waals surface area contributed by atoms with Crippen LogP contribution in [0.25, 0.3) is 0 Å². The van der Waals surface area contributed by atoms with E-state index in [9.17, 15) is 4.79 Å². The maximum Gasteiger partial charge on any atom is 0.271 e. The molecule has 24 heavy (non-hydrogen) atoms. The van der Waals surface area contributed by atoms with E-state index < -0.39 is 0 Å². The summed E-state index contributed by atoms with van der Waals surface area (Å²) in [6, 6.07) is 13.1. The lowest BCUT2D eigenvalue weighted by Gasteiger charge is -2.09. The number of methoxy groups -OCH3 is 2. The summed E-state index contributed by atoms with van der Waals surface area (Å²) in [5.74, 6) is 0.770. The van der Waals surface area contributed by atoms with Crippen LogP contribution in [0.4, 0.5) is 0 Å². The van der Waals surface area contributed by atoms with Crippen molar-refractivity contribution in [3.05, 3.63) is 59.2 Å². The van der Waals surface area contributed by atoms with Gasteiger partial charge < -0.3 is 9.47 Å². The molecule has 0 saturated carbocycles. The summed E-state index contributed by atoms with van der Waals surface area (Å²) in [4.78, 5) is 12.2. The van der Waals surface area contributed by atoms with E-state index >= 15 is 0 Å². The molecule has 0 saturated heterocycles. The fraction of sp³-hybridized carbons (Fsp3) is 0.263. The van der Waals surface area contributed by atoms with Gasteiger partial charge >= 0.3 is 0 Å². The third kappa shape index (κ3) is 4.13. The van der Waals surface area contributed by atoms with Crippen LogP contribution in [0.15, 0.2) is 47.6 Å². The van der Waals surface area contributed by atoms with E-state index in [4.69, 9.17) is 9.47 Å². The van der Waals surface area contributed by atoms with Crippen molar-refractivity contribution >= 4 is 11.6 Å². The number of ether oxygens (including phenoxy) is 2. The second kappa shape index (κ2) is 8.15. The number of hydrogen-bond acceptors (Lipinski definition) is 4. The highest BCUT2D eigenvalue weighted by molar-refractivity contribution is 6.01. The van der Waals surface area contributed by atoms with Crippen molar-refractivity contribution in [3.63, 3.8) is 0 Å². The Hall–Kier alpha value is -2.82. The molecule has 0 aromatic heterocycles. The summed E-state index contributed by atoms with van der Waals surface area (Å²) in [6.45, 7) is 3.97. The van der Waals surface area contributed by atoms with Crippen molar-refractivity contribution in [1.29, 1.82) is 0 Å². The second-order valence-electron chi connectivity index (χ2n) is 5.26. The molecule has 0 aliphatic rings. The van der Waals surface area contributed by atoms with E-state index in [2.05, 4.69) is 29.6 Å². The Morgan fingerprint density at radius 1 is 1.00 bits per heavy atom. The zero-order valence-electron chi connectivity index (χ0n) is 14.4. The van der Waals surface area contributed by atoms with Crippen molar-refractivity contribution in [3.8, 4) is 11.5 Å². The molecule has 0 bridgehead atoms. The lowest BCUT2D eigenvalue weighted by Crippen LogP contribution is -2.19. The van der Waals surface area contributed by atoms with Gasteiger partial charge in [-0.3, -0.25) is 4.79 Å². The van der Waals surface area contributed by atoms with Gasteiger partial charge in [0.1, 0.15) is 0 Å². The molecule has 0 spiro atoms. The highest BCUT2D eigenvalue weighted by Gasteiger charge is 2.10. The van der Waals surface area contributed by atoms with Gasteiger partial charge in [0.05, 0.1) is 19.9 Å². The molecule has 0 aliphatic heterocycles. The van der Waals surface area contributed by atoms with Gasteiger partial charge in [0.25, 0.3) is 5.91 Å². The fourth-order valence-electron chi connectivity index (χ4n) is 2.22. The van der Waals surface area contributed by atoms with Crippen LogP contribution in [-0.2, 0) is 6.42 Å². The van der Waals surface area contributed by atoms with E-state index in [-0.39, 0.29) is 5.91 Å². The number of aryl methyl sites for hydroxylation is 1. The van der Waals surface area contributed by atoms with Gasteiger partial charge in [-0.2, -0.15) is 5.10 Å². The first-order valence-electron chi connectivity index (χ1n) is 7.75. The van der Waals surface area contributed by atoms with Crippen LogP contribution < -0.4 is 14.9 Å². The predicted molar refractivity (Wildman–Crippen MR) is 95.0 cm³/mol. The third-order valence-corrected chi connectivity index (χ3v) is 3.75. The largest absolute Gasteiger partial charge is 0.493 e. The van der Waals surface area contributed by atoms with E-state index in [1.165, 1.54) is 12.7 Å². The van der Waals surface area contributed by atoms with Crippen LogP contribution >= 0.6 is 0 Å². The number of nitrogens with one attached hydrogen (secondary N) is 1. The van der Waals surface area contributed by atoms with Crippen LogP contribution in [0.1, 0.15) is 35.3 Å². The average molecular weight is 326 g/mol. The van der Waals surface area contributed by atoms with Crippen molar-refractivity contribution < 1.29 is 14.3 Å². The maximum absolute atomic E-state index is 12.2. The molecule has 5 nitrogen and oxygen atoms in total. The summed E-state index contributed by atoms with van der Waals surface area (Å²) in [5, 5.41) is 4.17. The quantitative estimate of drug-likeness (QED) is 0.653. The smallest absolute Gasteiger partial charge is 0.271 e. The molecule has 1 amide bonds. The molecule has 0 aliphatic carbocycles. The summed E-state index contributed by atoms with van der Waals surface area (Å²) >= 11 is 0. The van der Waals surface area contributed by atoms with E-state index in [1.807, 2.05) is 19.1 Å². The number of carbonyl (C=O) groups is 1. The Labute approximate surface area is 142 Å². The molecule has 0 atom stereocenters. The minimum Gasteiger partial charge on any atom is -0.493 e. The van der Waals surface area contributed by atoms with Crippen LogP contribution in [0.3, 0.4) is 0 Å². The normalized spacial score (nSPS) is 11.1. The molecule has 126 valence electrons. The van der Waals surface area contributed by atoms with Crippen LogP contribution in [0, 0.1) is 0 Å². The van der Waals surface area contributed by atoms with Gasteiger partial charge in [0, 0.05) is 5.56 Å². The minimum absolute atomic E-state index is 0.305. The Kier molecular flexibility index (Phi) is 5.95. The van der Waals surface area contributed by atoms with Crippen molar-refractivity contribution in [2.24, 2.45) is 5.10 Å². The number of benzene rings is 2. The second-order valence-corrected chi connectivity index (χ2v) is 5.26. The number of hydrogen-bond donors (Lipinski definition) is 1. The third-order valence-electron chi connectivity index (χ3n) is 3.75. The van der Waals surface area contributed by atoms with E-state index in [1.54, 1.807) is 25.3 Å². The molecular weight excluding hydrogens is 304 g/mol. The summed E-state index contributed by atoms with van der Waals surface area (Å²) in [5.41, 5.74) is 6.00. The Bertz CT molecular complexity index is 737. The topological polar surface area (TPSA) is 59.9 Å². The summed E-state index contributed by atoms with van der Waals surface area (Å²) in [6.07, 6.45) is 0.993. The number of hydrazone groups is 1. The highest BCUT2D eigenvalue weighted by Crippen LogP contribution is 2.27. The number of rotatable bonds is 6. The lowest BCUT2D eigenvalue weighted by molar-refractivity contribution is 0.0954. The number of nitrogens with zero attached hydrogens (tertiary/aromatic N) is 1. The molecule has 1 N–H and O–H groups in total. The van der Waals surface area contributed by atoms with Gasteiger partial charge in [0.2, 0.25) is 0 Å². The molecule has 0 heterocycles. The zero-order chi connectivity index (χ0) is 17.5. The standard InChI is InChI=1S/C19H22N2O3/c1-5-14-6-8-15(9-7-14)13(2)20-21-19(22)16-10-11-17(23-3)18(12-16)24-4/h6-12H,5H2,1-4H3,(H,21,22). The van der Waals surface area contributed by atoms with Crippen LogP contribution in [-0.4, -0.2) is 25.8 Å². The monoisotopic (exact) mass is 326 g/mol. The van der Waals surface area contributed by atoms with Gasteiger partial charge in [0.15, 0.2) is 11.5 Å². The molecule has 0 unspecified atom stereocenters. The van der Waals surface area contributed by atoms with Gasteiger partial charge in [-0.05, 0) is 42.7 Å². The Balaban J connectivity index is 2.10. The van der Waals surface area contributed by atoms with Crippen LogP contribution in [0.5, 0.6) is 11.5 Å². The molecule has 0 radical (unpaired) electrons. The maximum atomic E-state index is 12.2. The van der Waals surface area contributed by atoms with E-state index in [0.29, 0.717) is 17.1 Å². The molecule has 2 aromatic carbocycles. The number of amides is 1.